The molecule has 43 heavy (non-hydrogen) atoms. The number of hydrogen-bond donors (Lipinski definition) is 1. The van der Waals surface area contributed by atoms with Crippen LogP contribution < -0.4 is 15.0 Å². The van der Waals surface area contributed by atoms with Gasteiger partial charge in [0.15, 0.2) is 11.5 Å². The van der Waals surface area contributed by atoms with Crippen molar-refractivity contribution in [3.63, 3.8) is 0 Å². The molecule has 0 aliphatic carbocycles. The SMILES string of the molecule is C=C(CN(C)C)C(=O)N1CC2CCC(C1)N2c1ccn2ncnc(Nc3ccc(Oc4ccn5ncnc5c4)c(C)c3)c12. The van der Waals surface area contributed by atoms with Crippen LogP contribution >= 0.6 is 0 Å². The zero-order valence-corrected chi connectivity index (χ0v) is 24.5. The fraction of sp³-hybridized carbons (Fsp3) is 0.323. The summed E-state index contributed by atoms with van der Waals surface area (Å²) in [6, 6.07) is 12.3. The molecule has 1 N–H and O–H groups in total. The summed E-state index contributed by atoms with van der Waals surface area (Å²) in [5.41, 5.74) is 5.21. The third kappa shape index (κ3) is 5.03. The van der Waals surface area contributed by atoms with E-state index in [0.717, 1.165) is 52.5 Å². The Balaban J connectivity index is 1.11. The summed E-state index contributed by atoms with van der Waals surface area (Å²) in [4.78, 5) is 28.4. The van der Waals surface area contributed by atoms with E-state index in [1.807, 2.05) is 78.1 Å². The zero-order valence-electron chi connectivity index (χ0n) is 24.5. The number of rotatable bonds is 8. The van der Waals surface area contributed by atoms with Gasteiger partial charge in [-0.2, -0.15) is 10.2 Å². The van der Waals surface area contributed by atoms with E-state index < -0.39 is 0 Å². The number of piperazine rings is 1. The van der Waals surface area contributed by atoms with Crippen LogP contribution in [-0.2, 0) is 4.79 Å². The number of pyridine rings is 1. The number of likely N-dealkylation sites (tertiary alicyclic amines) is 1. The van der Waals surface area contributed by atoms with Crippen molar-refractivity contribution in [3.8, 4) is 11.5 Å². The largest absolute Gasteiger partial charge is 0.457 e. The van der Waals surface area contributed by atoms with Gasteiger partial charge in [0.05, 0.1) is 5.69 Å². The Morgan fingerprint density at radius 1 is 1.02 bits per heavy atom. The molecule has 2 unspecified atom stereocenters. The molecule has 12 nitrogen and oxygen atoms in total. The van der Waals surface area contributed by atoms with Crippen molar-refractivity contribution in [3.05, 3.63) is 79.2 Å². The Morgan fingerprint density at radius 3 is 2.53 bits per heavy atom. The summed E-state index contributed by atoms with van der Waals surface area (Å²) in [6.07, 6.45) is 8.94. The number of anilines is 3. The van der Waals surface area contributed by atoms with E-state index in [9.17, 15) is 4.79 Å². The molecular weight excluding hydrogens is 544 g/mol. The molecule has 2 saturated heterocycles. The molecule has 220 valence electrons. The lowest BCUT2D eigenvalue weighted by atomic mass is 10.1. The number of aromatic nitrogens is 6. The van der Waals surface area contributed by atoms with Crippen LogP contribution in [0.1, 0.15) is 18.4 Å². The number of hydrogen-bond acceptors (Lipinski definition) is 9. The average Bonchev–Trinajstić information content (AvgIpc) is 3.69. The van der Waals surface area contributed by atoms with Gasteiger partial charge in [-0.05, 0) is 69.8 Å². The second-order valence-electron chi connectivity index (χ2n) is 11.6. The fourth-order valence-corrected chi connectivity index (χ4v) is 6.34. The molecular formula is C31H34N10O2. The van der Waals surface area contributed by atoms with Gasteiger partial charge in [0, 0.05) is 61.4 Å². The third-order valence-corrected chi connectivity index (χ3v) is 8.21. The number of fused-ring (bicyclic) bond motifs is 4. The number of nitrogens with one attached hydrogen (secondary N) is 1. The van der Waals surface area contributed by atoms with E-state index >= 15 is 0 Å². The smallest absolute Gasteiger partial charge is 0.250 e. The summed E-state index contributed by atoms with van der Waals surface area (Å²) in [5, 5.41) is 12.1. The molecule has 0 radical (unpaired) electrons. The molecule has 2 aliphatic rings. The van der Waals surface area contributed by atoms with Crippen molar-refractivity contribution in [2.75, 3.05) is 43.9 Å². The minimum absolute atomic E-state index is 0.0551. The molecule has 2 bridgehead atoms. The highest BCUT2D eigenvalue weighted by molar-refractivity contribution is 5.94. The second kappa shape index (κ2) is 10.7. The van der Waals surface area contributed by atoms with Crippen molar-refractivity contribution < 1.29 is 9.53 Å². The fourth-order valence-electron chi connectivity index (χ4n) is 6.34. The molecule has 1 aromatic carbocycles. The summed E-state index contributed by atoms with van der Waals surface area (Å²) >= 11 is 0. The van der Waals surface area contributed by atoms with Crippen molar-refractivity contribution in [1.29, 1.82) is 0 Å². The molecule has 4 aromatic heterocycles. The first kappa shape index (κ1) is 26.9. The first-order valence-corrected chi connectivity index (χ1v) is 14.4. The van der Waals surface area contributed by atoms with Crippen molar-refractivity contribution in [1.82, 2.24) is 39.0 Å². The minimum Gasteiger partial charge on any atom is -0.457 e. The molecule has 0 saturated carbocycles. The molecule has 12 heteroatoms. The minimum atomic E-state index is 0.0551. The molecule has 6 heterocycles. The molecule has 1 amide bonds. The zero-order chi connectivity index (χ0) is 29.7. The van der Waals surface area contributed by atoms with Gasteiger partial charge in [-0.1, -0.05) is 6.58 Å². The average molecular weight is 579 g/mol. The molecule has 5 aromatic rings. The number of aryl methyl sites for hydroxylation is 1. The number of nitrogens with zero attached hydrogens (tertiary/aromatic N) is 9. The van der Waals surface area contributed by atoms with Crippen LogP contribution in [-0.4, -0.2) is 90.7 Å². The van der Waals surface area contributed by atoms with Gasteiger partial charge in [0.1, 0.15) is 29.7 Å². The lowest BCUT2D eigenvalue weighted by Gasteiger charge is -2.42. The Labute approximate surface area is 249 Å². The van der Waals surface area contributed by atoms with Gasteiger partial charge < -0.3 is 24.8 Å². The van der Waals surface area contributed by atoms with Gasteiger partial charge in [0.2, 0.25) is 0 Å². The van der Waals surface area contributed by atoms with Gasteiger partial charge >= 0.3 is 0 Å². The maximum absolute atomic E-state index is 13.1. The quantitative estimate of drug-likeness (QED) is 0.274. The first-order valence-electron chi connectivity index (χ1n) is 14.4. The third-order valence-electron chi connectivity index (χ3n) is 8.21. The molecule has 2 atom stereocenters. The molecule has 2 aliphatic heterocycles. The van der Waals surface area contributed by atoms with Gasteiger partial charge in [-0.15, -0.1) is 0 Å². The van der Waals surface area contributed by atoms with E-state index in [1.54, 1.807) is 10.8 Å². The van der Waals surface area contributed by atoms with Crippen LogP contribution in [0.25, 0.3) is 11.2 Å². The van der Waals surface area contributed by atoms with Crippen LogP contribution in [0.3, 0.4) is 0 Å². The Bertz CT molecular complexity index is 1830. The Kier molecular flexibility index (Phi) is 6.69. The topological polar surface area (TPSA) is 108 Å². The maximum atomic E-state index is 13.1. The normalized spacial score (nSPS) is 18.1. The van der Waals surface area contributed by atoms with Crippen LogP contribution in [0.4, 0.5) is 17.2 Å². The Hall–Kier alpha value is -4.97. The van der Waals surface area contributed by atoms with E-state index in [0.29, 0.717) is 31.0 Å². The number of carbonyl (C=O) groups excluding carboxylic acids is 1. The lowest BCUT2D eigenvalue weighted by molar-refractivity contribution is -0.128. The summed E-state index contributed by atoms with van der Waals surface area (Å²) in [6.45, 7) is 8.00. The maximum Gasteiger partial charge on any atom is 0.250 e. The number of ether oxygens (including phenoxy) is 1. The highest BCUT2D eigenvalue weighted by Crippen LogP contribution is 2.40. The molecule has 2 fully saturated rings. The van der Waals surface area contributed by atoms with Crippen molar-refractivity contribution in [2.24, 2.45) is 0 Å². The number of likely N-dealkylation sites (N-methyl/N-ethyl adjacent to an activating group) is 1. The summed E-state index contributed by atoms with van der Waals surface area (Å²) in [7, 11) is 3.91. The van der Waals surface area contributed by atoms with Crippen molar-refractivity contribution >= 4 is 34.3 Å². The predicted molar refractivity (Wildman–Crippen MR) is 164 cm³/mol. The Morgan fingerprint density at radius 2 is 1.77 bits per heavy atom. The monoisotopic (exact) mass is 578 g/mol. The number of benzene rings is 1. The van der Waals surface area contributed by atoms with E-state index in [4.69, 9.17) is 4.74 Å². The standard InChI is InChI=1S/C31H34N10O2/c1-20-13-22(5-8-27(20)43-25-9-11-39-28(14-25)32-18-34-39)36-30-29-26(10-12-40(29)35-19-33-30)41-23-6-7-24(41)17-38(16-23)31(42)21(2)15-37(3)4/h5,8-14,18-19,23-24H,2,6-7,15-17H2,1,3-4H3,(H,33,35,36). The van der Waals surface area contributed by atoms with Crippen LogP contribution in [0.2, 0.25) is 0 Å². The number of carbonyl (C=O) groups is 1. The first-order chi connectivity index (χ1) is 20.8. The highest BCUT2D eigenvalue weighted by atomic mass is 16.5. The summed E-state index contributed by atoms with van der Waals surface area (Å²) < 4.78 is 9.72. The highest BCUT2D eigenvalue weighted by Gasteiger charge is 2.42. The van der Waals surface area contributed by atoms with Crippen molar-refractivity contribution in [2.45, 2.75) is 31.8 Å². The molecule has 7 rings (SSSR count). The van der Waals surface area contributed by atoms with Gasteiger partial charge in [0.25, 0.3) is 5.91 Å². The van der Waals surface area contributed by atoms with Crippen LogP contribution in [0.5, 0.6) is 11.5 Å². The van der Waals surface area contributed by atoms with Crippen LogP contribution in [0, 0.1) is 6.92 Å². The van der Waals surface area contributed by atoms with E-state index in [1.165, 1.54) is 6.33 Å². The van der Waals surface area contributed by atoms with Gasteiger partial charge in [-0.3, -0.25) is 4.79 Å². The van der Waals surface area contributed by atoms with E-state index in [2.05, 4.69) is 43.0 Å². The van der Waals surface area contributed by atoms with E-state index in [-0.39, 0.29) is 18.0 Å². The predicted octanol–water partition coefficient (Wildman–Crippen LogP) is 3.91. The van der Waals surface area contributed by atoms with Gasteiger partial charge in [-0.25, -0.2) is 19.0 Å². The molecule has 0 spiro atoms. The van der Waals surface area contributed by atoms with Crippen LogP contribution in [0.15, 0.2) is 73.6 Å². The second-order valence-corrected chi connectivity index (χ2v) is 11.6. The number of amides is 1. The summed E-state index contributed by atoms with van der Waals surface area (Å²) in [5.74, 6) is 2.22. The lowest BCUT2D eigenvalue weighted by Crippen LogP contribution is -2.56.